The molecule has 0 aromatic heterocycles. The van der Waals surface area contributed by atoms with Crippen LogP contribution >= 0.6 is 0 Å². The molecule has 0 unspecified atom stereocenters. The standard InChI is InChI=1S/C15H23N3O2S/c1-13-3-2-4-14(11-13)12-18(15-5-6-15)21(19,20)17-9-7-16-8-10-17/h2-4,11,15-16H,5-10,12H2,1H3. The van der Waals surface area contributed by atoms with Gasteiger partial charge < -0.3 is 5.32 Å². The van der Waals surface area contributed by atoms with Gasteiger partial charge in [-0.3, -0.25) is 0 Å². The molecule has 0 radical (unpaired) electrons. The van der Waals surface area contributed by atoms with E-state index in [-0.39, 0.29) is 6.04 Å². The summed E-state index contributed by atoms with van der Waals surface area (Å²) in [6.45, 7) is 5.14. The van der Waals surface area contributed by atoms with E-state index in [4.69, 9.17) is 0 Å². The van der Waals surface area contributed by atoms with Crippen LogP contribution in [0.5, 0.6) is 0 Å². The zero-order valence-corrected chi connectivity index (χ0v) is 13.3. The van der Waals surface area contributed by atoms with Crippen molar-refractivity contribution in [1.82, 2.24) is 13.9 Å². The Bertz CT molecular complexity index is 593. The Morgan fingerprint density at radius 1 is 1.29 bits per heavy atom. The van der Waals surface area contributed by atoms with Crippen LogP contribution in [0, 0.1) is 6.92 Å². The normalized spacial score (nSPS) is 20.9. The molecule has 1 saturated heterocycles. The highest BCUT2D eigenvalue weighted by molar-refractivity contribution is 7.86. The van der Waals surface area contributed by atoms with Crippen LogP contribution in [0.1, 0.15) is 24.0 Å². The maximum absolute atomic E-state index is 12.9. The van der Waals surface area contributed by atoms with Gasteiger partial charge in [0.25, 0.3) is 10.2 Å². The molecule has 3 rings (SSSR count). The lowest BCUT2D eigenvalue weighted by Gasteiger charge is -2.32. The van der Waals surface area contributed by atoms with E-state index in [0.717, 1.165) is 31.5 Å². The molecule has 1 heterocycles. The fourth-order valence-corrected chi connectivity index (χ4v) is 4.62. The Balaban J connectivity index is 1.80. The van der Waals surface area contributed by atoms with Gasteiger partial charge in [0.1, 0.15) is 0 Å². The minimum atomic E-state index is -3.35. The summed E-state index contributed by atoms with van der Waals surface area (Å²) in [6, 6.07) is 8.30. The number of nitrogens with zero attached hydrogens (tertiary/aromatic N) is 2. The minimum absolute atomic E-state index is 0.186. The average Bonchev–Trinajstić information content (AvgIpc) is 3.30. The van der Waals surface area contributed by atoms with E-state index >= 15 is 0 Å². The second-order valence-corrected chi connectivity index (χ2v) is 7.80. The summed E-state index contributed by atoms with van der Waals surface area (Å²) in [5.74, 6) is 0. The van der Waals surface area contributed by atoms with Crippen molar-refractivity contribution in [2.24, 2.45) is 0 Å². The molecule has 0 spiro atoms. The van der Waals surface area contributed by atoms with Crippen LogP contribution in [0.2, 0.25) is 0 Å². The lowest BCUT2D eigenvalue weighted by Crippen LogP contribution is -2.52. The lowest BCUT2D eigenvalue weighted by molar-refractivity contribution is 0.304. The van der Waals surface area contributed by atoms with E-state index in [1.807, 2.05) is 25.1 Å². The first-order valence-electron chi connectivity index (χ1n) is 7.60. The van der Waals surface area contributed by atoms with E-state index < -0.39 is 10.2 Å². The molecule has 0 amide bonds. The maximum atomic E-state index is 12.9. The summed E-state index contributed by atoms with van der Waals surface area (Å²) in [7, 11) is -3.35. The van der Waals surface area contributed by atoms with Crippen molar-refractivity contribution in [1.29, 1.82) is 0 Å². The molecule has 2 fully saturated rings. The largest absolute Gasteiger partial charge is 0.314 e. The number of nitrogens with one attached hydrogen (secondary N) is 1. The predicted molar refractivity (Wildman–Crippen MR) is 83.1 cm³/mol. The quantitative estimate of drug-likeness (QED) is 0.886. The molecule has 116 valence electrons. The second-order valence-electron chi connectivity index (χ2n) is 5.92. The van der Waals surface area contributed by atoms with Crippen molar-refractivity contribution in [3.8, 4) is 0 Å². The smallest absolute Gasteiger partial charge is 0.282 e. The number of aryl methyl sites for hydroxylation is 1. The predicted octanol–water partition coefficient (Wildman–Crippen LogP) is 1.11. The molecule has 1 N–H and O–H groups in total. The number of hydrogen-bond acceptors (Lipinski definition) is 3. The summed E-state index contributed by atoms with van der Waals surface area (Å²) >= 11 is 0. The monoisotopic (exact) mass is 309 g/mol. The topological polar surface area (TPSA) is 52.7 Å². The van der Waals surface area contributed by atoms with Crippen LogP contribution in [0.4, 0.5) is 0 Å². The van der Waals surface area contributed by atoms with Crippen molar-refractivity contribution < 1.29 is 8.42 Å². The fourth-order valence-electron chi connectivity index (χ4n) is 2.78. The maximum Gasteiger partial charge on any atom is 0.282 e. The molecule has 0 bridgehead atoms. The van der Waals surface area contributed by atoms with Gasteiger partial charge in [-0.2, -0.15) is 17.0 Å². The van der Waals surface area contributed by atoms with E-state index in [1.165, 1.54) is 5.56 Å². The first-order chi connectivity index (χ1) is 10.1. The fraction of sp³-hybridized carbons (Fsp3) is 0.600. The van der Waals surface area contributed by atoms with E-state index in [1.54, 1.807) is 8.61 Å². The molecule has 1 saturated carbocycles. The van der Waals surface area contributed by atoms with Gasteiger partial charge in [-0.05, 0) is 25.3 Å². The van der Waals surface area contributed by atoms with Crippen molar-refractivity contribution in [3.63, 3.8) is 0 Å². The van der Waals surface area contributed by atoms with Crippen LogP contribution in [0.15, 0.2) is 24.3 Å². The van der Waals surface area contributed by atoms with Gasteiger partial charge in [-0.1, -0.05) is 29.8 Å². The highest BCUT2D eigenvalue weighted by atomic mass is 32.2. The first-order valence-corrected chi connectivity index (χ1v) is 9.00. The van der Waals surface area contributed by atoms with Crippen molar-refractivity contribution in [3.05, 3.63) is 35.4 Å². The molecule has 0 atom stereocenters. The van der Waals surface area contributed by atoms with Crippen LogP contribution in [0.3, 0.4) is 0 Å². The molecule has 1 aliphatic carbocycles. The van der Waals surface area contributed by atoms with Crippen molar-refractivity contribution in [2.75, 3.05) is 26.2 Å². The van der Waals surface area contributed by atoms with E-state index in [0.29, 0.717) is 19.6 Å². The van der Waals surface area contributed by atoms with Crippen molar-refractivity contribution >= 4 is 10.2 Å². The summed E-state index contributed by atoms with van der Waals surface area (Å²) in [5.41, 5.74) is 2.24. The average molecular weight is 309 g/mol. The summed E-state index contributed by atoms with van der Waals surface area (Å²) in [4.78, 5) is 0. The lowest BCUT2D eigenvalue weighted by atomic mass is 10.1. The zero-order chi connectivity index (χ0) is 14.9. The number of piperazine rings is 1. The summed E-state index contributed by atoms with van der Waals surface area (Å²) in [6.07, 6.45) is 1.97. The highest BCUT2D eigenvalue weighted by Gasteiger charge is 2.40. The molecule has 1 aliphatic heterocycles. The van der Waals surface area contributed by atoms with Gasteiger partial charge in [0.2, 0.25) is 0 Å². The van der Waals surface area contributed by atoms with Gasteiger partial charge in [0.15, 0.2) is 0 Å². The molecule has 1 aromatic rings. The van der Waals surface area contributed by atoms with Crippen molar-refractivity contribution in [2.45, 2.75) is 32.4 Å². The van der Waals surface area contributed by atoms with E-state index in [9.17, 15) is 8.42 Å². The van der Waals surface area contributed by atoms with E-state index in [2.05, 4.69) is 11.4 Å². The molecular formula is C15H23N3O2S. The SMILES string of the molecule is Cc1cccc(CN(C2CC2)S(=O)(=O)N2CCNCC2)c1. The van der Waals surface area contributed by atoms with Crippen LogP contribution in [0.25, 0.3) is 0 Å². The second kappa shape index (κ2) is 6.04. The van der Waals surface area contributed by atoms with Gasteiger partial charge in [0.05, 0.1) is 0 Å². The molecule has 21 heavy (non-hydrogen) atoms. The van der Waals surface area contributed by atoms with Crippen LogP contribution in [-0.2, 0) is 16.8 Å². The Labute approximate surface area is 127 Å². The Hall–Kier alpha value is -0.950. The molecule has 6 heteroatoms. The van der Waals surface area contributed by atoms with Gasteiger partial charge in [-0.15, -0.1) is 0 Å². The molecular weight excluding hydrogens is 286 g/mol. The Kier molecular flexibility index (Phi) is 4.31. The molecule has 1 aromatic carbocycles. The zero-order valence-electron chi connectivity index (χ0n) is 12.5. The Morgan fingerprint density at radius 2 is 2.00 bits per heavy atom. The molecule has 2 aliphatic rings. The number of hydrogen-bond donors (Lipinski definition) is 1. The van der Waals surface area contributed by atoms with Crippen LogP contribution in [-0.4, -0.2) is 49.2 Å². The van der Waals surface area contributed by atoms with Gasteiger partial charge in [0, 0.05) is 38.8 Å². The summed E-state index contributed by atoms with van der Waals surface area (Å²) in [5, 5.41) is 3.20. The third-order valence-corrected chi connectivity index (χ3v) is 6.11. The first kappa shape index (κ1) is 15.0. The highest BCUT2D eigenvalue weighted by Crippen LogP contribution is 2.32. The number of rotatable bonds is 5. The third-order valence-electron chi connectivity index (χ3n) is 4.07. The van der Waals surface area contributed by atoms with Gasteiger partial charge >= 0.3 is 0 Å². The molecule has 5 nitrogen and oxygen atoms in total. The Morgan fingerprint density at radius 3 is 2.62 bits per heavy atom. The number of benzene rings is 1. The third kappa shape index (κ3) is 3.45. The minimum Gasteiger partial charge on any atom is -0.314 e. The van der Waals surface area contributed by atoms with Crippen LogP contribution < -0.4 is 5.32 Å². The summed E-state index contributed by atoms with van der Waals surface area (Å²) < 4.78 is 29.1. The van der Waals surface area contributed by atoms with Gasteiger partial charge in [-0.25, -0.2) is 0 Å².